The van der Waals surface area contributed by atoms with Crippen LogP contribution in [0.2, 0.25) is 15.1 Å². The van der Waals surface area contributed by atoms with E-state index in [0.29, 0.717) is 38.6 Å². The molecule has 0 unspecified atom stereocenters. The van der Waals surface area contributed by atoms with Crippen molar-refractivity contribution in [1.82, 2.24) is 5.32 Å². The predicted molar refractivity (Wildman–Crippen MR) is 96.0 cm³/mol. The standard InChI is InChI=1S/C15H13Cl3N2O2S/c16-9-7-11(18)12(8-10(9)17)20-14(21)4-1-5-19-15(22)13-3-2-6-23-13/h2-3,6-8H,1,4-5H2,(H,19,22)(H,20,21). The quantitative estimate of drug-likeness (QED) is 0.546. The molecule has 0 atom stereocenters. The van der Waals surface area contributed by atoms with Gasteiger partial charge in [0.05, 0.1) is 25.6 Å². The highest BCUT2D eigenvalue weighted by Crippen LogP contribution is 2.32. The Balaban J connectivity index is 1.75. The van der Waals surface area contributed by atoms with E-state index in [2.05, 4.69) is 10.6 Å². The molecule has 122 valence electrons. The van der Waals surface area contributed by atoms with Crippen LogP contribution in [0, 0.1) is 0 Å². The fourth-order valence-electron chi connectivity index (χ4n) is 1.78. The van der Waals surface area contributed by atoms with Crippen LogP contribution >= 0.6 is 46.1 Å². The van der Waals surface area contributed by atoms with Gasteiger partial charge in [-0.15, -0.1) is 11.3 Å². The molecule has 0 bridgehead atoms. The minimum absolute atomic E-state index is 0.132. The minimum Gasteiger partial charge on any atom is -0.351 e. The summed E-state index contributed by atoms with van der Waals surface area (Å²) in [7, 11) is 0. The van der Waals surface area contributed by atoms with Gasteiger partial charge in [0.25, 0.3) is 5.91 Å². The van der Waals surface area contributed by atoms with Gasteiger partial charge in [-0.1, -0.05) is 40.9 Å². The molecule has 0 saturated carbocycles. The normalized spacial score (nSPS) is 10.4. The molecule has 2 aromatic rings. The highest BCUT2D eigenvalue weighted by molar-refractivity contribution is 7.12. The molecule has 0 radical (unpaired) electrons. The maximum absolute atomic E-state index is 11.9. The number of anilines is 1. The van der Waals surface area contributed by atoms with Crippen molar-refractivity contribution in [3.8, 4) is 0 Å². The lowest BCUT2D eigenvalue weighted by molar-refractivity contribution is -0.116. The molecule has 0 aliphatic heterocycles. The first kappa shape index (κ1) is 18.1. The topological polar surface area (TPSA) is 58.2 Å². The number of amides is 2. The number of carbonyl (C=O) groups excluding carboxylic acids is 2. The molecule has 8 heteroatoms. The van der Waals surface area contributed by atoms with E-state index in [9.17, 15) is 9.59 Å². The summed E-state index contributed by atoms with van der Waals surface area (Å²) in [5.41, 5.74) is 0.411. The number of carbonyl (C=O) groups is 2. The summed E-state index contributed by atoms with van der Waals surface area (Å²) in [5, 5.41) is 8.22. The van der Waals surface area contributed by atoms with E-state index in [1.165, 1.54) is 23.5 Å². The van der Waals surface area contributed by atoms with Crippen LogP contribution in [0.4, 0.5) is 5.69 Å². The van der Waals surface area contributed by atoms with Gasteiger partial charge in [-0.2, -0.15) is 0 Å². The first-order valence-corrected chi connectivity index (χ1v) is 8.75. The Labute approximate surface area is 152 Å². The zero-order valence-corrected chi connectivity index (χ0v) is 15.0. The SMILES string of the molecule is O=C(CCCNC(=O)c1cccs1)Nc1cc(Cl)c(Cl)cc1Cl. The second-order valence-electron chi connectivity index (χ2n) is 4.63. The highest BCUT2D eigenvalue weighted by Gasteiger charge is 2.10. The molecule has 2 rings (SSSR count). The lowest BCUT2D eigenvalue weighted by atomic mass is 10.2. The van der Waals surface area contributed by atoms with Gasteiger partial charge in [-0.05, 0) is 30.0 Å². The van der Waals surface area contributed by atoms with Gasteiger partial charge in [0.1, 0.15) is 0 Å². The Hall–Kier alpha value is -1.27. The molecule has 0 fully saturated rings. The molecule has 0 aliphatic carbocycles. The Morgan fingerprint density at radius 3 is 2.52 bits per heavy atom. The van der Waals surface area contributed by atoms with Crippen molar-refractivity contribution in [2.75, 3.05) is 11.9 Å². The monoisotopic (exact) mass is 390 g/mol. The second-order valence-corrected chi connectivity index (χ2v) is 6.80. The average Bonchev–Trinajstić information content (AvgIpc) is 3.03. The fraction of sp³-hybridized carbons (Fsp3) is 0.200. The van der Waals surface area contributed by atoms with Crippen LogP contribution in [-0.2, 0) is 4.79 Å². The Bertz CT molecular complexity index is 705. The number of nitrogens with one attached hydrogen (secondary N) is 2. The van der Waals surface area contributed by atoms with Crippen molar-refractivity contribution >= 4 is 63.6 Å². The molecule has 1 aromatic heterocycles. The molecule has 2 N–H and O–H groups in total. The summed E-state index contributed by atoms with van der Waals surface area (Å²) < 4.78 is 0. The number of benzene rings is 1. The van der Waals surface area contributed by atoms with E-state index in [0.717, 1.165) is 0 Å². The third-order valence-electron chi connectivity index (χ3n) is 2.90. The van der Waals surface area contributed by atoms with E-state index in [1.54, 1.807) is 6.07 Å². The third-order valence-corrected chi connectivity index (χ3v) is 4.80. The molecule has 1 heterocycles. The molecule has 1 aromatic carbocycles. The Kier molecular flexibility index (Phi) is 6.72. The van der Waals surface area contributed by atoms with E-state index in [1.807, 2.05) is 11.4 Å². The molecule has 23 heavy (non-hydrogen) atoms. The van der Waals surface area contributed by atoms with Gasteiger partial charge < -0.3 is 10.6 Å². The number of hydrogen-bond acceptors (Lipinski definition) is 3. The average molecular weight is 392 g/mol. The van der Waals surface area contributed by atoms with Crippen LogP contribution in [0.15, 0.2) is 29.6 Å². The Morgan fingerprint density at radius 2 is 1.83 bits per heavy atom. The molecule has 0 saturated heterocycles. The molecule has 0 aliphatic rings. The number of thiophene rings is 1. The molecular formula is C15H13Cl3N2O2S. The molecule has 4 nitrogen and oxygen atoms in total. The van der Waals surface area contributed by atoms with Crippen molar-refractivity contribution < 1.29 is 9.59 Å². The van der Waals surface area contributed by atoms with E-state index in [4.69, 9.17) is 34.8 Å². The summed E-state index contributed by atoms with van der Waals surface area (Å²) in [6.45, 7) is 0.416. The summed E-state index contributed by atoms with van der Waals surface area (Å²) in [6, 6.07) is 6.54. The smallest absolute Gasteiger partial charge is 0.261 e. The van der Waals surface area contributed by atoms with Gasteiger partial charge in [-0.3, -0.25) is 9.59 Å². The lowest BCUT2D eigenvalue weighted by Crippen LogP contribution is -2.24. The molecule has 2 amide bonds. The van der Waals surface area contributed by atoms with Crippen molar-refractivity contribution in [2.24, 2.45) is 0 Å². The van der Waals surface area contributed by atoms with Crippen LogP contribution in [0.5, 0.6) is 0 Å². The summed E-state index contributed by atoms with van der Waals surface area (Å²) in [6.07, 6.45) is 0.767. The van der Waals surface area contributed by atoms with Crippen LogP contribution in [0.25, 0.3) is 0 Å². The van der Waals surface area contributed by atoms with Gasteiger partial charge in [-0.25, -0.2) is 0 Å². The lowest BCUT2D eigenvalue weighted by Gasteiger charge is -2.09. The first-order valence-electron chi connectivity index (χ1n) is 6.73. The summed E-state index contributed by atoms with van der Waals surface area (Å²) in [5.74, 6) is -0.344. The number of halogens is 3. The van der Waals surface area contributed by atoms with Crippen molar-refractivity contribution in [3.63, 3.8) is 0 Å². The zero-order valence-electron chi connectivity index (χ0n) is 11.9. The second kappa shape index (κ2) is 8.55. The largest absolute Gasteiger partial charge is 0.351 e. The third kappa shape index (κ3) is 5.39. The van der Waals surface area contributed by atoms with Crippen LogP contribution < -0.4 is 10.6 Å². The molecular weight excluding hydrogens is 379 g/mol. The number of hydrogen-bond donors (Lipinski definition) is 2. The minimum atomic E-state index is -0.212. The van der Waals surface area contributed by atoms with E-state index >= 15 is 0 Å². The van der Waals surface area contributed by atoms with Crippen LogP contribution in [0.1, 0.15) is 22.5 Å². The predicted octanol–water partition coefficient (Wildman–Crippen LogP) is 4.86. The summed E-state index contributed by atoms with van der Waals surface area (Å²) in [4.78, 5) is 24.2. The fourth-order valence-corrected chi connectivity index (χ4v) is 3.01. The van der Waals surface area contributed by atoms with Crippen molar-refractivity contribution in [3.05, 3.63) is 49.6 Å². The first-order chi connectivity index (χ1) is 11.0. The van der Waals surface area contributed by atoms with Crippen molar-refractivity contribution in [1.29, 1.82) is 0 Å². The van der Waals surface area contributed by atoms with Crippen LogP contribution in [-0.4, -0.2) is 18.4 Å². The van der Waals surface area contributed by atoms with E-state index < -0.39 is 0 Å². The van der Waals surface area contributed by atoms with Gasteiger partial charge in [0.2, 0.25) is 5.91 Å². The summed E-state index contributed by atoms with van der Waals surface area (Å²) >= 11 is 19.1. The highest BCUT2D eigenvalue weighted by atomic mass is 35.5. The number of rotatable bonds is 6. The van der Waals surface area contributed by atoms with Gasteiger partial charge >= 0.3 is 0 Å². The maximum Gasteiger partial charge on any atom is 0.261 e. The van der Waals surface area contributed by atoms with Gasteiger partial charge in [0, 0.05) is 13.0 Å². The maximum atomic E-state index is 11.9. The Morgan fingerprint density at radius 1 is 1.09 bits per heavy atom. The van der Waals surface area contributed by atoms with Gasteiger partial charge in [0.15, 0.2) is 0 Å². The van der Waals surface area contributed by atoms with Crippen LogP contribution in [0.3, 0.4) is 0 Å². The molecule has 0 spiro atoms. The van der Waals surface area contributed by atoms with E-state index in [-0.39, 0.29) is 18.2 Å². The zero-order chi connectivity index (χ0) is 16.8. The van der Waals surface area contributed by atoms with Crippen molar-refractivity contribution in [2.45, 2.75) is 12.8 Å².